The third kappa shape index (κ3) is 2.76. The number of aromatic nitrogens is 1. The van der Waals surface area contributed by atoms with Crippen molar-refractivity contribution in [2.75, 3.05) is 0 Å². The van der Waals surface area contributed by atoms with Crippen LogP contribution in [0.25, 0.3) is 11.3 Å². The molecule has 2 aromatic rings. The van der Waals surface area contributed by atoms with Crippen molar-refractivity contribution < 1.29 is 18.0 Å². The number of halogens is 4. The molecule has 0 atom stereocenters. The molecule has 1 aromatic heterocycles. The summed E-state index contributed by atoms with van der Waals surface area (Å²) in [5, 5.41) is 4.18. The second kappa shape index (κ2) is 5.01. The SMILES string of the molecule is FC(F)Oc1c(-c2ccc(Cl)cc2)noc1Br. The van der Waals surface area contributed by atoms with Gasteiger partial charge in [-0.1, -0.05) is 28.9 Å². The highest BCUT2D eigenvalue weighted by atomic mass is 79.9. The summed E-state index contributed by atoms with van der Waals surface area (Å²) in [5.74, 6) is -0.137. The van der Waals surface area contributed by atoms with Crippen LogP contribution in [0.4, 0.5) is 8.78 Å². The predicted molar refractivity (Wildman–Crippen MR) is 61.3 cm³/mol. The fraction of sp³-hybridized carbons (Fsp3) is 0.100. The summed E-state index contributed by atoms with van der Waals surface area (Å²) in [6.07, 6.45) is 0. The fourth-order valence-electron chi connectivity index (χ4n) is 1.24. The second-order valence-corrected chi connectivity index (χ2v) is 4.18. The van der Waals surface area contributed by atoms with Crippen molar-refractivity contribution in [2.24, 2.45) is 0 Å². The normalized spacial score (nSPS) is 10.9. The van der Waals surface area contributed by atoms with E-state index in [0.717, 1.165) is 0 Å². The summed E-state index contributed by atoms with van der Waals surface area (Å²) in [7, 11) is 0. The van der Waals surface area contributed by atoms with Gasteiger partial charge in [0.15, 0.2) is 5.69 Å². The van der Waals surface area contributed by atoms with Crippen LogP contribution in [0.5, 0.6) is 5.75 Å². The molecule has 1 heterocycles. The molecule has 0 aliphatic heterocycles. The number of hydrogen-bond acceptors (Lipinski definition) is 3. The van der Waals surface area contributed by atoms with E-state index in [1.807, 2.05) is 0 Å². The van der Waals surface area contributed by atoms with Gasteiger partial charge in [0.1, 0.15) is 0 Å². The smallest absolute Gasteiger partial charge is 0.387 e. The molecule has 0 aliphatic rings. The van der Waals surface area contributed by atoms with Gasteiger partial charge in [0, 0.05) is 10.6 Å². The Labute approximate surface area is 108 Å². The van der Waals surface area contributed by atoms with Crippen molar-refractivity contribution in [1.82, 2.24) is 5.16 Å². The van der Waals surface area contributed by atoms with Crippen LogP contribution in [0.3, 0.4) is 0 Å². The maximum atomic E-state index is 12.2. The van der Waals surface area contributed by atoms with Crippen molar-refractivity contribution >= 4 is 27.5 Å². The largest absolute Gasteiger partial charge is 0.428 e. The van der Waals surface area contributed by atoms with Gasteiger partial charge in [-0.25, -0.2) is 0 Å². The topological polar surface area (TPSA) is 35.3 Å². The first-order chi connectivity index (χ1) is 8.08. The first kappa shape index (κ1) is 12.3. The predicted octanol–water partition coefficient (Wildman–Crippen LogP) is 4.36. The van der Waals surface area contributed by atoms with Crippen LogP contribution in [0.15, 0.2) is 33.5 Å². The lowest BCUT2D eigenvalue weighted by atomic mass is 10.1. The Kier molecular flexibility index (Phi) is 3.63. The molecule has 0 aliphatic carbocycles. The molecule has 0 amide bonds. The third-order valence-corrected chi connectivity index (χ3v) is 2.69. The van der Waals surface area contributed by atoms with Crippen LogP contribution in [-0.2, 0) is 0 Å². The second-order valence-electron chi connectivity index (χ2n) is 3.02. The van der Waals surface area contributed by atoms with E-state index in [1.54, 1.807) is 24.3 Å². The Hall–Kier alpha value is -1.14. The number of benzene rings is 1. The van der Waals surface area contributed by atoms with Gasteiger partial charge in [-0.3, -0.25) is 0 Å². The van der Waals surface area contributed by atoms with Gasteiger partial charge in [0.2, 0.25) is 10.4 Å². The molecule has 0 saturated carbocycles. The van der Waals surface area contributed by atoms with E-state index in [1.165, 1.54) is 0 Å². The molecule has 0 bridgehead atoms. The lowest BCUT2D eigenvalue weighted by molar-refractivity contribution is -0.0505. The van der Waals surface area contributed by atoms with Gasteiger partial charge in [-0.2, -0.15) is 8.78 Å². The average Bonchev–Trinajstić information content (AvgIpc) is 2.61. The number of hydrogen-bond donors (Lipinski definition) is 0. The minimum atomic E-state index is -2.95. The maximum absolute atomic E-state index is 12.2. The Bertz CT molecular complexity index is 516. The molecule has 0 spiro atoms. The monoisotopic (exact) mass is 323 g/mol. The third-order valence-electron chi connectivity index (χ3n) is 1.94. The molecule has 7 heteroatoms. The molecule has 0 unspecified atom stereocenters. The molecule has 2 rings (SSSR count). The minimum Gasteiger partial charge on any atom is -0.428 e. The average molecular weight is 325 g/mol. The fourth-order valence-corrected chi connectivity index (χ4v) is 1.72. The summed E-state index contributed by atoms with van der Waals surface area (Å²) in [5.41, 5.74) is 0.758. The van der Waals surface area contributed by atoms with Gasteiger partial charge >= 0.3 is 6.61 Å². The standard InChI is InChI=1S/C10H5BrClF2NO2/c11-9-8(16-10(13)14)7(15-17-9)5-1-3-6(12)4-2-5/h1-4,10H. The van der Waals surface area contributed by atoms with Gasteiger partial charge in [-0.15, -0.1) is 0 Å². The van der Waals surface area contributed by atoms with E-state index < -0.39 is 6.61 Å². The molecular weight excluding hydrogens is 319 g/mol. The zero-order chi connectivity index (χ0) is 12.4. The molecule has 3 nitrogen and oxygen atoms in total. The number of ether oxygens (including phenoxy) is 1. The van der Waals surface area contributed by atoms with E-state index in [2.05, 4.69) is 25.8 Å². The molecule has 17 heavy (non-hydrogen) atoms. The van der Waals surface area contributed by atoms with Gasteiger partial charge in [0.05, 0.1) is 0 Å². The first-order valence-corrected chi connectivity index (χ1v) is 5.61. The quantitative estimate of drug-likeness (QED) is 0.841. The molecule has 0 radical (unpaired) electrons. The van der Waals surface area contributed by atoms with Crippen molar-refractivity contribution in [3.63, 3.8) is 0 Å². The van der Waals surface area contributed by atoms with Crippen LogP contribution >= 0.6 is 27.5 Å². The molecule has 0 N–H and O–H groups in total. The summed E-state index contributed by atoms with van der Waals surface area (Å²) >= 11 is 8.67. The minimum absolute atomic E-state index is 0.0164. The zero-order valence-corrected chi connectivity index (χ0v) is 10.5. The summed E-state index contributed by atoms with van der Waals surface area (Å²) < 4.78 is 33.5. The van der Waals surface area contributed by atoms with Crippen molar-refractivity contribution in [3.05, 3.63) is 34.0 Å². The van der Waals surface area contributed by atoms with Crippen LogP contribution in [0, 0.1) is 0 Å². The summed E-state index contributed by atoms with van der Waals surface area (Å²) in [4.78, 5) is 0. The van der Waals surface area contributed by atoms with E-state index in [9.17, 15) is 8.78 Å². The Morgan fingerprint density at radius 2 is 1.94 bits per heavy atom. The molecule has 90 valence electrons. The molecular formula is C10H5BrClF2NO2. The van der Waals surface area contributed by atoms with Gasteiger partial charge in [0.25, 0.3) is 0 Å². The summed E-state index contributed by atoms with van der Waals surface area (Å²) in [6, 6.07) is 6.49. The van der Waals surface area contributed by atoms with Gasteiger partial charge in [-0.05, 0) is 28.1 Å². The van der Waals surface area contributed by atoms with E-state index in [4.69, 9.17) is 16.1 Å². The first-order valence-electron chi connectivity index (χ1n) is 4.44. The van der Waals surface area contributed by atoms with E-state index in [-0.39, 0.29) is 16.1 Å². The van der Waals surface area contributed by atoms with Crippen LogP contribution in [0.2, 0.25) is 5.02 Å². The molecule has 1 aromatic carbocycles. The Balaban J connectivity index is 2.41. The van der Waals surface area contributed by atoms with E-state index >= 15 is 0 Å². The zero-order valence-electron chi connectivity index (χ0n) is 8.16. The summed E-state index contributed by atoms with van der Waals surface area (Å²) in [6.45, 7) is -2.95. The lowest BCUT2D eigenvalue weighted by Gasteiger charge is -2.03. The molecule has 0 saturated heterocycles. The highest BCUT2D eigenvalue weighted by Gasteiger charge is 2.20. The number of alkyl halides is 2. The Morgan fingerprint density at radius 1 is 1.29 bits per heavy atom. The van der Waals surface area contributed by atoms with Crippen molar-refractivity contribution in [2.45, 2.75) is 6.61 Å². The molecule has 0 fully saturated rings. The van der Waals surface area contributed by atoms with Crippen molar-refractivity contribution in [1.29, 1.82) is 0 Å². The lowest BCUT2D eigenvalue weighted by Crippen LogP contribution is -2.02. The van der Waals surface area contributed by atoms with Crippen LogP contribution < -0.4 is 4.74 Å². The van der Waals surface area contributed by atoms with E-state index in [0.29, 0.717) is 10.6 Å². The van der Waals surface area contributed by atoms with Crippen molar-refractivity contribution in [3.8, 4) is 17.0 Å². The highest BCUT2D eigenvalue weighted by molar-refractivity contribution is 9.10. The highest BCUT2D eigenvalue weighted by Crippen LogP contribution is 2.37. The van der Waals surface area contributed by atoms with Crippen LogP contribution in [0.1, 0.15) is 0 Å². The van der Waals surface area contributed by atoms with Crippen LogP contribution in [-0.4, -0.2) is 11.8 Å². The maximum Gasteiger partial charge on any atom is 0.387 e. The number of nitrogens with zero attached hydrogens (tertiary/aromatic N) is 1. The number of rotatable bonds is 3. The Morgan fingerprint density at radius 3 is 2.53 bits per heavy atom. The van der Waals surface area contributed by atoms with Gasteiger partial charge < -0.3 is 9.26 Å².